The maximum atomic E-state index is 11.6. The fourth-order valence-electron chi connectivity index (χ4n) is 3.19. The maximum Gasteiger partial charge on any atom is 0.243 e. The van der Waals surface area contributed by atoms with Crippen LogP contribution >= 0.6 is 11.3 Å². The summed E-state index contributed by atoms with van der Waals surface area (Å²) in [4.78, 5) is 13.0. The van der Waals surface area contributed by atoms with Crippen molar-refractivity contribution in [3.63, 3.8) is 0 Å². The molecular weight excluding hydrogens is 278 g/mol. The molecule has 1 heterocycles. The normalized spacial score (nSPS) is 20.6. The zero-order chi connectivity index (χ0) is 14.8. The van der Waals surface area contributed by atoms with Crippen LogP contribution in [0.15, 0.2) is 48.4 Å². The van der Waals surface area contributed by atoms with Gasteiger partial charge in [0.15, 0.2) is 0 Å². The van der Waals surface area contributed by atoms with Crippen LogP contribution in [0.1, 0.15) is 33.9 Å². The summed E-state index contributed by atoms with van der Waals surface area (Å²) in [5.74, 6) is 0.292. The second-order valence-electron chi connectivity index (χ2n) is 5.56. The summed E-state index contributed by atoms with van der Waals surface area (Å²) in [6.07, 6.45) is 3.23. The molecule has 1 amide bonds. The highest BCUT2D eigenvalue weighted by atomic mass is 32.1. The van der Waals surface area contributed by atoms with Gasteiger partial charge in [-0.1, -0.05) is 30.8 Å². The van der Waals surface area contributed by atoms with Gasteiger partial charge in [-0.25, -0.2) is 0 Å². The van der Waals surface area contributed by atoms with Crippen molar-refractivity contribution in [1.82, 2.24) is 5.32 Å². The maximum absolute atomic E-state index is 11.6. The van der Waals surface area contributed by atoms with Gasteiger partial charge in [-0.3, -0.25) is 4.79 Å². The Labute approximate surface area is 129 Å². The van der Waals surface area contributed by atoms with Crippen LogP contribution in [0.2, 0.25) is 0 Å². The van der Waals surface area contributed by atoms with Gasteiger partial charge in [0, 0.05) is 23.3 Å². The molecule has 0 unspecified atom stereocenters. The Morgan fingerprint density at radius 3 is 2.90 bits per heavy atom. The lowest BCUT2D eigenvalue weighted by Crippen LogP contribution is -2.39. The Kier molecular flexibility index (Phi) is 3.93. The molecule has 1 aliphatic carbocycles. The number of rotatable bonds is 3. The van der Waals surface area contributed by atoms with Gasteiger partial charge in [0.25, 0.3) is 0 Å². The number of fused-ring (bicyclic) bond motifs is 1. The number of benzene rings is 1. The SMILES string of the molecule is C=CC(=O)N[C@@H]1Cc2sccc2[C@@H](c2ccccc2C)C1. The standard InChI is InChI=1S/C18H19NOS/c1-3-18(20)19-13-10-16(14-7-5-4-6-12(14)2)15-8-9-21-17(15)11-13/h3-9,13,16H,1,10-11H2,2H3,(H,19,20)/t13-,16+/m0/s1. The summed E-state index contributed by atoms with van der Waals surface area (Å²) < 4.78 is 0. The van der Waals surface area contributed by atoms with Gasteiger partial charge in [-0.05, 0) is 47.6 Å². The highest BCUT2D eigenvalue weighted by molar-refractivity contribution is 7.10. The predicted molar refractivity (Wildman–Crippen MR) is 87.8 cm³/mol. The van der Waals surface area contributed by atoms with Gasteiger partial charge in [-0.2, -0.15) is 0 Å². The van der Waals surface area contributed by atoms with E-state index in [9.17, 15) is 4.79 Å². The molecule has 0 saturated heterocycles. The molecule has 1 aliphatic rings. The predicted octanol–water partition coefficient (Wildman–Crippen LogP) is 3.81. The van der Waals surface area contributed by atoms with E-state index in [0.29, 0.717) is 5.92 Å². The number of aryl methyl sites for hydroxylation is 1. The van der Waals surface area contributed by atoms with Crippen molar-refractivity contribution >= 4 is 17.2 Å². The van der Waals surface area contributed by atoms with E-state index in [2.05, 4.69) is 54.5 Å². The minimum absolute atomic E-state index is 0.0801. The van der Waals surface area contributed by atoms with Crippen LogP contribution in [0.5, 0.6) is 0 Å². The molecule has 2 aromatic rings. The second-order valence-corrected chi connectivity index (χ2v) is 6.56. The average Bonchev–Trinajstić information content (AvgIpc) is 2.95. The fraction of sp³-hybridized carbons (Fsp3) is 0.278. The number of hydrogen-bond acceptors (Lipinski definition) is 2. The topological polar surface area (TPSA) is 29.1 Å². The van der Waals surface area contributed by atoms with Crippen molar-refractivity contribution in [3.8, 4) is 0 Å². The first-order chi connectivity index (χ1) is 10.2. The second kappa shape index (κ2) is 5.86. The highest BCUT2D eigenvalue weighted by Gasteiger charge is 2.30. The van der Waals surface area contributed by atoms with Crippen molar-refractivity contribution in [1.29, 1.82) is 0 Å². The third-order valence-corrected chi connectivity index (χ3v) is 5.16. The Hall–Kier alpha value is -1.87. The molecule has 2 nitrogen and oxygen atoms in total. The average molecular weight is 297 g/mol. The fourth-order valence-corrected chi connectivity index (χ4v) is 4.21. The van der Waals surface area contributed by atoms with Gasteiger partial charge in [0.2, 0.25) is 5.91 Å². The zero-order valence-corrected chi connectivity index (χ0v) is 13.0. The Morgan fingerprint density at radius 2 is 2.14 bits per heavy atom. The first-order valence-corrected chi connectivity index (χ1v) is 8.11. The lowest BCUT2D eigenvalue weighted by molar-refractivity contribution is -0.117. The third-order valence-electron chi connectivity index (χ3n) is 4.20. The van der Waals surface area contributed by atoms with E-state index in [1.165, 1.54) is 27.6 Å². The Morgan fingerprint density at radius 1 is 1.33 bits per heavy atom. The molecule has 0 saturated carbocycles. The Bertz CT molecular complexity index is 673. The van der Waals surface area contributed by atoms with E-state index < -0.39 is 0 Å². The van der Waals surface area contributed by atoms with Gasteiger partial charge in [0.05, 0.1) is 0 Å². The van der Waals surface area contributed by atoms with E-state index in [-0.39, 0.29) is 11.9 Å². The van der Waals surface area contributed by atoms with Crippen LogP contribution in [0.3, 0.4) is 0 Å². The molecule has 0 radical (unpaired) electrons. The van der Waals surface area contributed by atoms with Crippen LogP contribution in [-0.2, 0) is 11.2 Å². The molecule has 0 spiro atoms. The van der Waals surface area contributed by atoms with Crippen LogP contribution < -0.4 is 5.32 Å². The number of hydrogen-bond donors (Lipinski definition) is 1. The summed E-state index contributed by atoms with van der Waals surface area (Å²) in [7, 11) is 0. The minimum atomic E-state index is -0.0801. The van der Waals surface area contributed by atoms with E-state index in [4.69, 9.17) is 0 Å². The number of carbonyl (C=O) groups excluding carboxylic acids is 1. The van der Waals surface area contributed by atoms with Crippen LogP contribution in [0, 0.1) is 6.92 Å². The van der Waals surface area contributed by atoms with Gasteiger partial charge in [-0.15, -0.1) is 11.3 Å². The molecule has 2 atom stereocenters. The monoisotopic (exact) mass is 297 g/mol. The number of nitrogens with one attached hydrogen (secondary N) is 1. The smallest absolute Gasteiger partial charge is 0.243 e. The van der Waals surface area contributed by atoms with Crippen LogP contribution in [-0.4, -0.2) is 11.9 Å². The van der Waals surface area contributed by atoms with Crippen LogP contribution in [0.4, 0.5) is 0 Å². The molecule has 3 heteroatoms. The first kappa shape index (κ1) is 14.1. The lowest BCUT2D eigenvalue weighted by Gasteiger charge is -2.31. The van der Waals surface area contributed by atoms with Crippen molar-refractivity contribution in [3.05, 3.63) is 69.9 Å². The lowest BCUT2D eigenvalue weighted by atomic mass is 9.79. The largest absolute Gasteiger partial charge is 0.349 e. The van der Waals surface area contributed by atoms with E-state index in [1.807, 2.05) is 0 Å². The summed E-state index contributed by atoms with van der Waals surface area (Å²) in [5.41, 5.74) is 4.11. The third kappa shape index (κ3) is 2.79. The quantitative estimate of drug-likeness (QED) is 0.858. The minimum Gasteiger partial charge on any atom is -0.349 e. The molecule has 108 valence electrons. The van der Waals surface area contributed by atoms with E-state index in [0.717, 1.165) is 12.8 Å². The Balaban J connectivity index is 1.95. The van der Waals surface area contributed by atoms with Crippen LogP contribution in [0.25, 0.3) is 0 Å². The van der Waals surface area contributed by atoms with Crippen molar-refractivity contribution in [2.45, 2.75) is 31.7 Å². The molecule has 0 fully saturated rings. The zero-order valence-electron chi connectivity index (χ0n) is 12.1. The first-order valence-electron chi connectivity index (χ1n) is 7.23. The van der Waals surface area contributed by atoms with E-state index >= 15 is 0 Å². The van der Waals surface area contributed by atoms with Crippen molar-refractivity contribution in [2.75, 3.05) is 0 Å². The van der Waals surface area contributed by atoms with Gasteiger partial charge >= 0.3 is 0 Å². The molecule has 3 rings (SSSR count). The van der Waals surface area contributed by atoms with E-state index in [1.54, 1.807) is 11.3 Å². The molecule has 1 aromatic carbocycles. The number of carbonyl (C=O) groups is 1. The summed E-state index contributed by atoms with van der Waals surface area (Å²) >= 11 is 1.79. The van der Waals surface area contributed by atoms with Crippen molar-refractivity contribution in [2.24, 2.45) is 0 Å². The van der Waals surface area contributed by atoms with Gasteiger partial charge in [0.1, 0.15) is 0 Å². The number of amides is 1. The summed E-state index contributed by atoms with van der Waals surface area (Å²) in [6.45, 7) is 5.70. The molecule has 21 heavy (non-hydrogen) atoms. The van der Waals surface area contributed by atoms with Gasteiger partial charge < -0.3 is 5.32 Å². The molecule has 0 bridgehead atoms. The molecule has 1 N–H and O–H groups in total. The number of thiophene rings is 1. The van der Waals surface area contributed by atoms with Crippen molar-refractivity contribution < 1.29 is 4.79 Å². The molecule has 0 aliphatic heterocycles. The highest BCUT2D eigenvalue weighted by Crippen LogP contribution is 2.40. The molecule has 1 aromatic heterocycles. The summed E-state index contributed by atoms with van der Waals surface area (Å²) in [5, 5.41) is 5.23. The summed E-state index contributed by atoms with van der Waals surface area (Å²) in [6, 6.07) is 11.0. The molecular formula is C18H19NOS.